The van der Waals surface area contributed by atoms with Gasteiger partial charge in [0.2, 0.25) is 5.91 Å². The third kappa shape index (κ3) is 6.85. The lowest BCUT2D eigenvalue weighted by Crippen LogP contribution is -2.17. The van der Waals surface area contributed by atoms with Crippen molar-refractivity contribution < 1.29 is 19.1 Å². The minimum atomic E-state index is -0.397. The van der Waals surface area contributed by atoms with Gasteiger partial charge in [0.1, 0.15) is 17.4 Å². The van der Waals surface area contributed by atoms with Gasteiger partial charge < -0.3 is 14.8 Å². The van der Waals surface area contributed by atoms with Crippen molar-refractivity contribution in [3.63, 3.8) is 0 Å². The zero-order valence-electron chi connectivity index (χ0n) is 22.0. The van der Waals surface area contributed by atoms with E-state index in [0.29, 0.717) is 28.1 Å². The summed E-state index contributed by atoms with van der Waals surface area (Å²) < 4.78 is 12.9. The number of ether oxygens (including phenoxy) is 2. The van der Waals surface area contributed by atoms with Gasteiger partial charge >= 0.3 is 5.97 Å². The zero-order valence-corrected chi connectivity index (χ0v) is 23.6. The molecular formula is C28H34N4O4S2. The van der Waals surface area contributed by atoms with Crippen LogP contribution in [0.5, 0.6) is 5.75 Å². The molecule has 0 radical (unpaired) electrons. The molecule has 1 aliphatic carbocycles. The van der Waals surface area contributed by atoms with Gasteiger partial charge in [-0.2, -0.15) is 0 Å². The van der Waals surface area contributed by atoms with E-state index in [1.807, 2.05) is 28.8 Å². The van der Waals surface area contributed by atoms with Crippen molar-refractivity contribution in [1.29, 1.82) is 0 Å². The molecule has 3 aromatic rings. The largest absolute Gasteiger partial charge is 0.486 e. The Balaban J connectivity index is 1.42. The van der Waals surface area contributed by atoms with Crippen LogP contribution < -0.4 is 10.1 Å². The van der Waals surface area contributed by atoms with Gasteiger partial charge in [0.05, 0.1) is 18.4 Å². The number of thiophene rings is 1. The maximum Gasteiger partial charge on any atom is 0.341 e. The van der Waals surface area contributed by atoms with Crippen LogP contribution in [-0.4, -0.2) is 39.5 Å². The average molecular weight is 555 g/mol. The summed E-state index contributed by atoms with van der Waals surface area (Å²) in [6, 6.07) is 7.98. The molecule has 1 amide bonds. The molecule has 38 heavy (non-hydrogen) atoms. The van der Waals surface area contributed by atoms with E-state index >= 15 is 0 Å². The Morgan fingerprint density at radius 2 is 1.92 bits per heavy atom. The van der Waals surface area contributed by atoms with Crippen molar-refractivity contribution in [2.24, 2.45) is 0 Å². The highest BCUT2D eigenvalue weighted by molar-refractivity contribution is 7.99. The molecule has 8 nitrogen and oxygen atoms in total. The van der Waals surface area contributed by atoms with Crippen molar-refractivity contribution in [3.05, 3.63) is 64.3 Å². The molecular weight excluding hydrogens is 520 g/mol. The summed E-state index contributed by atoms with van der Waals surface area (Å²) in [5.41, 5.74) is 2.79. The molecule has 10 heteroatoms. The number of anilines is 1. The quantitative estimate of drug-likeness (QED) is 0.181. The molecule has 2 heterocycles. The second kappa shape index (κ2) is 13.6. The molecule has 0 spiro atoms. The van der Waals surface area contributed by atoms with Crippen molar-refractivity contribution >= 4 is 40.0 Å². The van der Waals surface area contributed by atoms with Crippen molar-refractivity contribution in [3.8, 4) is 5.75 Å². The number of nitrogens with one attached hydrogen (secondary N) is 1. The number of carbonyl (C=O) groups is 2. The minimum absolute atomic E-state index is 0.123. The van der Waals surface area contributed by atoms with Crippen LogP contribution in [0.3, 0.4) is 0 Å². The number of methoxy groups -OCH3 is 1. The fourth-order valence-corrected chi connectivity index (χ4v) is 6.49. The summed E-state index contributed by atoms with van der Waals surface area (Å²) >= 11 is 2.78. The average Bonchev–Trinajstić information content (AvgIpc) is 3.46. The number of allylic oxidation sites excluding steroid dienone is 1. The first-order valence-electron chi connectivity index (χ1n) is 12.9. The summed E-state index contributed by atoms with van der Waals surface area (Å²) in [6.45, 7) is 6.70. The van der Waals surface area contributed by atoms with E-state index in [9.17, 15) is 9.59 Å². The fourth-order valence-electron chi connectivity index (χ4n) is 4.43. The summed E-state index contributed by atoms with van der Waals surface area (Å²) in [7, 11) is 1.38. The number of hydrogen-bond donors (Lipinski definition) is 1. The molecule has 1 aliphatic rings. The maximum atomic E-state index is 13.0. The molecule has 0 atom stereocenters. The van der Waals surface area contributed by atoms with Crippen LogP contribution in [0.15, 0.2) is 42.1 Å². The fraction of sp³-hybridized carbons (Fsp3) is 0.429. The number of fused-ring (bicyclic) bond motifs is 1. The monoisotopic (exact) mass is 554 g/mol. The van der Waals surface area contributed by atoms with E-state index < -0.39 is 5.97 Å². The van der Waals surface area contributed by atoms with Crippen LogP contribution in [-0.2, 0) is 41.9 Å². The topological polar surface area (TPSA) is 95.3 Å². The van der Waals surface area contributed by atoms with E-state index in [1.54, 1.807) is 6.08 Å². The molecule has 202 valence electrons. The number of aromatic nitrogens is 3. The number of carbonyl (C=O) groups excluding carboxylic acids is 2. The third-order valence-electron chi connectivity index (χ3n) is 6.45. The van der Waals surface area contributed by atoms with Crippen molar-refractivity contribution in [2.45, 2.75) is 70.2 Å². The Kier molecular flexibility index (Phi) is 10.0. The smallest absolute Gasteiger partial charge is 0.341 e. The van der Waals surface area contributed by atoms with Crippen LogP contribution in [0.25, 0.3) is 0 Å². The maximum absolute atomic E-state index is 13.0. The number of esters is 1. The molecule has 2 aromatic heterocycles. The highest BCUT2D eigenvalue weighted by atomic mass is 32.2. The molecule has 0 saturated carbocycles. The summed E-state index contributed by atoms with van der Waals surface area (Å²) in [5, 5.41) is 12.7. The van der Waals surface area contributed by atoms with E-state index in [-0.39, 0.29) is 18.3 Å². The number of thioether (sulfide) groups is 1. The highest BCUT2D eigenvalue weighted by Gasteiger charge is 2.26. The summed E-state index contributed by atoms with van der Waals surface area (Å²) in [4.78, 5) is 26.8. The first kappa shape index (κ1) is 27.9. The Hall–Kier alpha value is -3.11. The van der Waals surface area contributed by atoms with E-state index in [0.717, 1.165) is 49.8 Å². The number of benzene rings is 1. The minimum Gasteiger partial charge on any atom is -0.486 e. The zero-order chi connectivity index (χ0) is 26.9. The molecule has 0 unspecified atom stereocenters. The lowest BCUT2D eigenvalue weighted by atomic mass is 9.96. The van der Waals surface area contributed by atoms with Crippen LogP contribution in [0.4, 0.5) is 5.00 Å². The highest BCUT2D eigenvalue weighted by Crippen LogP contribution is 2.37. The second-order valence-corrected chi connectivity index (χ2v) is 11.1. The van der Waals surface area contributed by atoms with Crippen LogP contribution in [0.2, 0.25) is 0 Å². The first-order chi connectivity index (χ1) is 18.5. The van der Waals surface area contributed by atoms with E-state index in [4.69, 9.17) is 9.47 Å². The standard InChI is InChI=1S/C28H34N4O4S2/c1-4-16-32-23(17-36-20-14-12-19(5-2)13-15-20)30-31-28(32)37-18-24(33)29-26-25(27(34)35-3)21-10-8-6-7-9-11-22(21)38-26/h4,12-15H,1,5-11,16-18H2,2-3H3,(H,29,33). The number of hydrogen-bond acceptors (Lipinski definition) is 8. The van der Waals surface area contributed by atoms with E-state index in [2.05, 4.69) is 29.0 Å². The molecule has 1 N–H and O–H groups in total. The molecule has 0 saturated heterocycles. The molecule has 0 aliphatic heterocycles. The number of nitrogens with zero attached hydrogens (tertiary/aromatic N) is 3. The lowest BCUT2D eigenvalue weighted by molar-refractivity contribution is -0.113. The van der Waals surface area contributed by atoms with Gasteiger partial charge in [0.15, 0.2) is 11.0 Å². The van der Waals surface area contributed by atoms with Crippen molar-refractivity contribution in [1.82, 2.24) is 14.8 Å². The molecule has 0 fully saturated rings. The van der Waals surface area contributed by atoms with Crippen molar-refractivity contribution in [2.75, 3.05) is 18.2 Å². The Labute approximate surface area is 231 Å². The number of rotatable bonds is 11. The molecule has 0 bridgehead atoms. The lowest BCUT2D eigenvalue weighted by Gasteiger charge is -2.11. The van der Waals surface area contributed by atoms with Gasteiger partial charge in [-0.25, -0.2) is 4.79 Å². The Bertz CT molecular complexity index is 1270. The Morgan fingerprint density at radius 3 is 2.63 bits per heavy atom. The normalized spacial score (nSPS) is 13.2. The van der Waals surface area contributed by atoms with Crippen LogP contribution in [0.1, 0.15) is 64.8 Å². The van der Waals surface area contributed by atoms with Gasteiger partial charge in [0, 0.05) is 11.4 Å². The SMILES string of the molecule is C=CCn1c(COc2ccc(CC)cc2)nnc1SCC(=O)Nc1sc2c(c1C(=O)OC)CCCCCC2. The predicted molar refractivity (Wildman–Crippen MR) is 151 cm³/mol. The van der Waals surface area contributed by atoms with Gasteiger partial charge in [-0.3, -0.25) is 9.36 Å². The Morgan fingerprint density at radius 1 is 1.16 bits per heavy atom. The summed E-state index contributed by atoms with van der Waals surface area (Å²) in [5.74, 6) is 0.925. The van der Waals surface area contributed by atoms with Gasteiger partial charge in [0.25, 0.3) is 0 Å². The number of amides is 1. The van der Waals surface area contributed by atoms with E-state index in [1.165, 1.54) is 47.1 Å². The molecule has 1 aromatic carbocycles. The van der Waals surface area contributed by atoms with Gasteiger partial charge in [-0.1, -0.05) is 49.7 Å². The van der Waals surface area contributed by atoms with Gasteiger partial charge in [-0.05, 0) is 55.4 Å². The second-order valence-electron chi connectivity index (χ2n) is 9.03. The van der Waals surface area contributed by atoms with Gasteiger partial charge in [-0.15, -0.1) is 28.1 Å². The molecule has 4 rings (SSSR count). The summed E-state index contributed by atoms with van der Waals surface area (Å²) in [6.07, 6.45) is 8.95. The van der Waals surface area contributed by atoms with Crippen LogP contribution in [0, 0.1) is 0 Å². The predicted octanol–water partition coefficient (Wildman–Crippen LogP) is 5.84. The third-order valence-corrected chi connectivity index (χ3v) is 8.62. The first-order valence-corrected chi connectivity index (χ1v) is 14.7. The van der Waals surface area contributed by atoms with Crippen LogP contribution >= 0.6 is 23.1 Å². The number of aryl methyl sites for hydroxylation is 2.